The number of benzene rings is 1. The summed E-state index contributed by atoms with van der Waals surface area (Å²) in [6, 6.07) is 8.87. The Morgan fingerprint density at radius 2 is 1.88 bits per heavy atom. The van der Waals surface area contributed by atoms with Crippen molar-refractivity contribution in [2.24, 2.45) is 5.92 Å². The van der Waals surface area contributed by atoms with Gasteiger partial charge in [-0.2, -0.15) is 0 Å². The largest absolute Gasteiger partial charge is 0.363 e. The van der Waals surface area contributed by atoms with Gasteiger partial charge < -0.3 is 10.0 Å². The molecule has 3 aliphatic rings. The second-order valence-corrected chi connectivity index (χ2v) is 7.82. The van der Waals surface area contributed by atoms with Gasteiger partial charge in [0, 0.05) is 18.2 Å². The molecular formula is C19H28N3O2+. The smallest absolute Gasteiger partial charge is 0.275 e. The highest BCUT2D eigenvalue weighted by Crippen LogP contribution is 2.40. The lowest BCUT2D eigenvalue weighted by molar-refractivity contribution is -0.948. The van der Waals surface area contributed by atoms with E-state index in [2.05, 4.69) is 36.6 Å². The third-order valence-corrected chi connectivity index (χ3v) is 6.23. The Bertz CT molecular complexity index is 626. The summed E-state index contributed by atoms with van der Waals surface area (Å²) in [5, 5.41) is 12.1. The molecule has 3 fully saturated rings. The van der Waals surface area contributed by atoms with Crippen molar-refractivity contribution in [1.82, 2.24) is 10.3 Å². The first-order chi connectivity index (χ1) is 11.5. The van der Waals surface area contributed by atoms with Crippen LogP contribution in [-0.2, 0) is 4.79 Å². The maximum atomic E-state index is 13.0. The zero-order valence-corrected chi connectivity index (χ0v) is 14.6. The first-order valence-electron chi connectivity index (χ1n) is 9.22. The van der Waals surface area contributed by atoms with Gasteiger partial charge in [-0.15, -0.1) is 5.43 Å². The molecule has 1 saturated carbocycles. The van der Waals surface area contributed by atoms with Crippen molar-refractivity contribution < 1.29 is 14.9 Å². The average molecular weight is 330 g/mol. The third kappa shape index (κ3) is 2.38. The summed E-state index contributed by atoms with van der Waals surface area (Å²) in [6.45, 7) is 2.73. The summed E-state index contributed by atoms with van der Waals surface area (Å²) in [7, 11) is 2.00. The second-order valence-electron chi connectivity index (χ2n) is 7.82. The fraction of sp³-hybridized carbons (Fsp3) is 0.632. The number of aryl methyl sites for hydroxylation is 1. The minimum atomic E-state index is -1.42. The molecule has 1 unspecified atom stereocenters. The molecule has 3 N–H and O–H groups in total. The summed E-state index contributed by atoms with van der Waals surface area (Å²) in [6.07, 6.45) is 5.80. The van der Waals surface area contributed by atoms with Gasteiger partial charge in [0.05, 0.1) is 13.0 Å². The lowest BCUT2D eigenvalue weighted by Crippen LogP contribution is -3.15. The number of hydrogen-bond acceptors (Lipinski definition) is 3. The topological polar surface area (TPSA) is 57.0 Å². The van der Waals surface area contributed by atoms with E-state index in [0.29, 0.717) is 12.6 Å². The van der Waals surface area contributed by atoms with Crippen LogP contribution in [0.5, 0.6) is 0 Å². The molecule has 1 aliphatic carbocycles. The monoisotopic (exact) mass is 330 g/mol. The summed E-state index contributed by atoms with van der Waals surface area (Å²) < 4.78 is 0. The van der Waals surface area contributed by atoms with Crippen molar-refractivity contribution in [3.05, 3.63) is 35.4 Å². The molecule has 5 heteroatoms. The Kier molecular flexibility index (Phi) is 3.90. The van der Waals surface area contributed by atoms with Crippen LogP contribution in [0.25, 0.3) is 0 Å². The number of hydrogen-bond donors (Lipinski definition) is 3. The SMILES string of the molecule is Cc1ccc([C@H]2[C@H]3CN(C4CCCCC4)C(=O)[C@]3(O)N[NH+]2C)cc1. The van der Waals surface area contributed by atoms with Crippen LogP contribution in [0.1, 0.15) is 49.3 Å². The van der Waals surface area contributed by atoms with Crippen LogP contribution in [0.2, 0.25) is 0 Å². The number of amides is 1. The number of nitrogens with one attached hydrogen (secondary N) is 2. The number of fused-ring (bicyclic) bond motifs is 1. The molecular weight excluding hydrogens is 302 g/mol. The first kappa shape index (κ1) is 16.1. The van der Waals surface area contributed by atoms with Gasteiger partial charge in [-0.3, -0.25) is 4.79 Å². The van der Waals surface area contributed by atoms with Crippen LogP contribution in [-0.4, -0.2) is 41.3 Å². The number of carbonyl (C=O) groups is 1. The van der Waals surface area contributed by atoms with Crippen LogP contribution in [0.3, 0.4) is 0 Å². The molecule has 1 aromatic carbocycles. The summed E-state index contributed by atoms with van der Waals surface area (Å²) in [4.78, 5) is 14.9. The summed E-state index contributed by atoms with van der Waals surface area (Å²) >= 11 is 0. The first-order valence-corrected chi connectivity index (χ1v) is 9.22. The maximum Gasteiger partial charge on any atom is 0.275 e. The van der Waals surface area contributed by atoms with Crippen LogP contribution < -0.4 is 10.4 Å². The molecule has 2 aliphatic heterocycles. The number of rotatable bonds is 2. The van der Waals surface area contributed by atoms with Gasteiger partial charge in [-0.25, -0.2) is 5.01 Å². The van der Waals surface area contributed by atoms with E-state index in [9.17, 15) is 9.90 Å². The van der Waals surface area contributed by atoms with E-state index < -0.39 is 5.72 Å². The molecule has 2 heterocycles. The fourth-order valence-electron chi connectivity index (χ4n) is 4.94. The molecule has 0 bridgehead atoms. The van der Waals surface area contributed by atoms with Gasteiger partial charge in [0.25, 0.3) is 11.6 Å². The van der Waals surface area contributed by atoms with E-state index in [1.807, 2.05) is 11.9 Å². The molecule has 1 amide bonds. The van der Waals surface area contributed by atoms with E-state index in [4.69, 9.17) is 0 Å². The lowest BCUT2D eigenvalue weighted by Gasteiger charge is -2.33. The Balaban J connectivity index is 1.63. The van der Waals surface area contributed by atoms with E-state index in [0.717, 1.165) is 17.9 Å². The highest BCUT2D eigenvalue weighted by molar-refractivity contribution is 5.88. The highest BCUT2D eigenvalue weighted by Gasteiger charge is 2.66. The Hall–Kier alpha value is -1.43. The van der Waals surface area contributed by atoms with Gasteiger partial charge >= 0.3 is 0 Å². The number of quaternary nitrogens is 1. The quantitative estimate of drug-likeness (QED) is 0.742. The average Bonchev–Trinajstić information content (AvgIpc) is 2.98. The van der Waals surface area contributed by atoms with E-state index in [1.165, 1.54) is 30.4 Å². The van der Waals surface area contributed by atoms with Crippen LogP contribution in [0, 0.1) is 12.8 Å². The highest BCUT2D eigenvalue weighted by atomic mass is 16.3. The molecule has 24 heavy (non-hydrogen) atoms. The number of nitrogens with zero attached hydrogens (tertiary/aromatic N) is 1. The molecule has 4 rings (SSSR count). The van der Waals surface area contributed by atoms with E-state index in [1.54, 1.807) is 0 Å². The Labute approximate surface area is 143 Å². The van der Waals surface area contributed by atoms with Crippen LogP contribution in [0.15, 0.2) is 24.3 Å². The summed E-state index contributed by atoms with van der Waals surface area (Å²) in [5.41, 5.74) is 4.15. The van der Waals surface area contributed by atoms with Gasteiger partial charge in [0.15, 0.2) is 0 Å². The zero-order valence-electron chi connectivity index (χ0n) is 14.6. The Morgan fingerprint density at radius 3 is 2.54 bits per heavy atom. The van der Waals surface area contributed by atoms with Gasteiger partial charge in [-0.1, -0.05) is 49.1 Å². The minimum absolute atomic E-state index is 0.0909. The number of carbonyl (C=O) groups excluding carboxylic acids is 1. The molecule has 5 nitrogen and oxygen atoms in total. The van der Waals surface area contributed by atoms with Crippen molar-refractivity contribution in [2.75, 3.05) is 13.6 Å². The van der Waals surface area contributed by atoms with Crippen LogP contribution >= 0.6 is 0 Å². The van der Waals surface area contributed by atoms with Gasteiger partial charge in [0.2, 0.25) is 0 Å². The molecule has 4 atom stereocenters. The fourth-order valence-corrected chi connectivity index (χ4v) is 4.94. The molecule has 1 aromatic rings. The predicted molar refractivity (Wildman–Crippen MR) is 91.0 cm³/mol. The molecule has 130 valence electrons. The lowest BCUT2D eigenvalue weighted by atomic mass is 9.88. The third-order valence-electron chi connectivity index (χ3n) is 6.23. The predicted octanol–water partition coefficient (Wildman–Crippen LogP) is 0.549. The number of likely N-dealkylation sites (tertiary alicyclic amines) is 1. The van der Waals surface area contributed by atoms with Gasteiger partial charge in [-0.05, 0) is 19.8 Å². The molecule has 2 saturated heterocycles. The van der Waals surface area contributed by atoms with Crippen molar-refractivity contribution in [3.63, 3.8) is 0 Å². The Morgan fingerprint density at radius 1 is 1.21 bits per heavy atom. The zero-order chi connectivity index (χ0) is 16.9. The van der Waals surface area contributed by atoms with Crippen molar-refractivity contribution in [2.45, 2.75) is 56.8 Å². The van der Waals surface area contributed by atoms with Crippen molar-refractivity contribution in [3.8, 4) is 0 Å². The van der Waals surface area contributed by atoms with E-state index >= 15 is 0 Å². The van der Waals surface area contributed by atoms with Gasteiger partial charge in [0.1, 0.15) is 6.04 Å². The minimum Gasteiger partial charge on any atom is -0.363 e. The number of aliphatic hydroxyl groups is 1. The standard InChI is InChI=1S/C19H27N3O2/c1-13-8-10-14(11-9-13)17-16-12-22(15-6-4-3-5-7-15)18(23)19(16,24)20-21(17)2/h8-11,15-17,20,24H,3-7,12H2,1-2H3/p+1/t16-,17+,19+/m1/s1. The molecule has 0 aromatic heterocycles. The normalized spacial score (nSPS) is 37.0. The maximum absolute atomic E-state index is 13.0. The van der Waals surface area contributed by atoms with Crippen molar-refractivity contribution >= 4 is 5.91 Å². The summed E-state index contributed by atoms with van der Waals surface area (Å²) in [5.74, 6) is -0.219. The van der Waals surface area contributed by atoms with E-state index in [-0.39, 0.29) is 17.9 Å². The molecule has 0 spiro atoms. The van der Waals surface area contributed by atoms with Crippen LogP contribution in [0.4, 0.5) is 0 Å². The molecule has 0 radical (unpaired) electrons. The second kappa shape index (κ2) is 5.83. The van der Waals surface area contributed by atoms with Crippen molar-refractivity contribution in [1.29, 1.82) is 0 Å².